The van der Waals surface area contributed by atoms with Crippen LogP contribution in [0.2, 0.25) is 5.02 Å². The third-order valence-corrected chi connectivity index (χ3v) is 5.38. The highest BCUT2D eigenvalue weighted by molar-refractivity contribution is 9.10. The molecule has 0 saturated heterocycles. The van der Waals surface area contributed by atoms with Crippen molar-refractivity contribution in [1.82, 2.24) is 0 Å². The van der Waals surface area contributed by atoms with Gasteiger partial charge in [0.1, 0.15) is 24.0 Å². The van der Waals surface area contributed by atoms with E-state index in [0.29, 0.717) is 28.6 Å². The molecule has 30 heavy (non-hydrogen) atoms. The second-order valence-electron chi connectivity index (χ2n) is 6.50. The SMILES string of the molecule is Cc1ccc(Cl)cc1NC(=O)/C(C#N)=C/c1ccccc1OCc1ccccc1Br. The molecule has 3 aromatic carbocycles. The first-order valence-electron chi connectivity index (χ1n) is 9.12. The summed E-state index contributed by atoms with van der Waals surface area (Å²) in [4.78, 5) is 12.7. The number of nitriles is 1. The average Bonchev–Trinajstić information content (AvgIpc) is 2.74. The highest BCUT2D eigenvalue weighted by Crippen LogP contribution is 2.25. The summed E-state index contributed by atoms with van der Waals surface area (Å²) in [7, 11) is 0. The van der Waals surface area contributed by atoms with Gasteiger partial charge in [-0.1, -0.05) is 70.0 Å². The number of nitrogens with zero attached hydrogens (tertiary/aromatic N) is 1. The largest absolute Gasteiger partial charge is 0.488 e. The molecule has 0 radical (unpaired) electrons. The lowest BCUT2D eigenvalue weighted by Gasteiger charge is -2.11. The van der Waals surface area contributed by atoms with Crippen molar-refractivity contribution in [2.24, 2.45) is 0 Å². The number of hydrogen-bond acceptors (Lipinski definition) is 3. The maximum absolute atomic E-state index is 12.7. The molecule has 0 aliphatic carbocycles. The van der Waals surface area contributed by atoms with Crippen LogP contribution in [-0.4, -0.2) is 5.91 Å². The first-order valence-corrected chi connectivity index (χ1v) is 10.3. The van der Waals surface area contributed by atoms with E-state index in [1.165, 1.54) is 6.08 Å². The Kier molecular flexibility index (Phi) is 7.29. The molecule has 3 rings (SSSR count). The molecule has 150 valence electrons. The second-order valence-corrected chi connectivity index (χ2v) is 7.79. The lowest BCUT2D eigenvalue weighted by molar-refractivity contribution is -0.112. The third-order valence-electron chi connectivity index (χ3n) is 4.37. The number of rotatable bonds is 6. The Hall–Kier alpha value is -3.07. The van der Waals surface area contributed by atoms with Crippen LogP contribution in [0.5, 0.6) is 5.75 Å². The fourth-order valence-electron chi connectivity index (χ4n) is 2.72. The fraction of sp³-hybridized carbons (Fsp3) is 0.0833. The summed E-state index contributed by atoms with van der Waals surface area (Å²) in [5.74, 6) is 0.0659. The van der Waals surface area contributed by atoms with Gasteiger partial charge >= 0.3 is 0 Å². The van der Waals surface area contributed by atoms with E-state index in [2.05, 4.69) is 21.2 Å². The van der Waals surface area contributed by atoms with Crippen LogP contribution in [0.3, 0.4) is 0 Å². The number of carbonyl (C=O) groups is 1. The Morgan fingerprint density at radius 2 is 1.90 bits per heavy atom. The summed E-state index contributed by atoms with van der Waals surface area (Å²) in [6.45, 7) is 2.20. The van der Waals surface area contributed by atoms with E-state index < -0.39 is 5.91 Å². The van der Waals surface area contributed by atoms with E-state index in [0.717, 1.165) is 15.6 Å². The van der Waals surface area contributed by atoms with Gasteiger partial charge in [-0.05, 0) is 42.8 Å². The Morgan fingerprint density at radius 1 is 1.17 bits per heavy atom. The molecule has 0 heterocycles. The molecule has 0 atom stereocenters. The quantitative estimate of drug-likeness (QED) is 0.321. The molecule has 3 aromatic rings. The van der Waals surface area contributed by atoms with Gasteiger partial charge in [0.15, 0.2) is 0 Å². The Bertz CT molecular complexity index is 1150. The highest BCUT2D eigenvalue weighted by atomic mass is 79.9. The van der Waals surface area contributed by atoms with E-state index in [9.17, 15) is 10.1 Å². The Labute approximate surface area is 188 Å². The molecule has 0 saturated carbocycles. The van der Waals surface area contributed by atoms with Crippen LogP contribution in [0.4, 0.5) is 5.69 Å². The van der Waals surface area contributed by atoms with Crippen molar-refractivity contribution < 1.29 is 9.53 Å². The van der Waals surface area contributed by atoms with Crippen molar-refractivity contribution >= 4 is 45.2 Å². The van der Waals surface area contributed by atoms with Crippen molar-refractivity contribution in [2.75, 3.05) is 5.32 Å². The van der Waals surface area contributed by atoms with Crippen molar-refractivity contribution in [3.63, 3.8) is 0 Å². The van der Waals surface area contributed by atoms with Crippen LogP contribution < -0.4 is 10.1 Å². The summed E-state index contributed by atoms with van der Waals surface area (Å²) >= 11 is 9.51. The number of benzene rings is 3. The summed E-state index contributed by atoms with van der Waals surface area (Å²) in [5.41, 5.74) is 3.01. The smallest absolute Gasteiger partial charge is 0.266 e. The number of halogens is 2. The molecule has 4 nitrogen and oxygen atoms in total. The molecule has 0 aromatic heterocycles. The minimum Gasteiger partial charge on any atom is -0.488 e. The van der Waals surface area contributed by atoms with Crippen LogP contribution in [0.1, 0.15) is 16.7 Å². The minimum absolute atomic E-state index is 0.0358. The summed E-state index contributed by atoms with van der Waals surface area (Å²) < 4.78 is 6.90. The average molecular weight is 482 g/mol. The highest BCUT2D eigenvalue weighted by Gasteiger charge is 2.13. The van der Waals surface area contributed by atoms with Gasteiger partial charge in [0.25, 0.3) is 5.91 Å². The van der Waals surface area contributed by atoms with Crippen LogP contribution in [0.25, 0.3) is 6.08 Å². The van der Waals surface area contributed by atoms with E-state index >= 15 is 0 Å². The van der Waals surface area contributed by atoms with Crippen LogP contribution in [-0.2, 0) is 11.4 Å². The number of ether oxygens (including phenoxy) is 1. The van der Waals surface area contributed by atoms with Crippen LogP contribution in [0.15, 0.2) is 76.8 Å². The fourth-order valence-corrected chi connectivity index (χ4v) is 3.30. The number of carbonyl (C=O) groups excluding carboxylic acids is 1. The number of aryl methyl sites for hydroxylation is 1. The third kappa shape index (κ3) is 5.50. The summed E-state index contributed by atoms with van der Waals surface area (Å²) in [6.07, 6.45) is 1.52. The zero-order valence-corrected chi connectivity index (χ0v) is 18.5. The minimum atomic E-state index is -0.511. The van der Waals surface area contributed by atoms with Gasteiger partial charge < -0.3 is 10.1 Å². The molecular weight excluding hydrogens is 464 g/mol. The predicted molar refractivity (Wildman–Crippen MR) is 123 cm³/mol. The molecule has 0 fully saturated rings. The van der Waals surface area contributed by atoms with Crippen molar-refractivity contribution in [1.29, 1.82) is 5.26 Å². The number of anilines is 1. The second kappa shape index (κ2) is 10.1. The van der Waals surface area contributed by atoms with Gasteiger partial charge in [0.05, 0.1) is 0 Å². The zero-order chi connectivity index (χ0) is 21.5. The Morgan fingerprint density at radius 3 is 2.67 bits per heavy atom. The van der Waals surface area contributed by atoms with Crippen LogP contribution in [0, 0.1) is 18.3 Å². The molecule has 0 spiro atoms. The van der Waals surface area contributed by atoms with Gasteiger partial charge in [0.2, 0.25) is 0 Å². The summed E-state index contributed by atoms with van der Waals surface area (Å²) in [5, 5.41) is 12.8. The van der Waals surface area contributed by atoms with Gasteiger partial charge in [-0.25, -0.2) is 0 Å². The molecule has 0 bridgehead atoms. The number of hydrogen-bond donors (Lipinski definition) is 1. The zero-order valence-electron chi connectivity index (χ0n) is 16.2. The standard InChI is InChI=1S/C24H18BrClN2O2/c1-16-10-11-20(26)13-22(16)28-24(29)19(14-27)12-17-6-3-5-9-23(17)30-15-18-7-2-4-8-21(18)25/h2-13H,15H2,1H3,(H,28,29)/b19-12+. The number of nitrogens with one attached hydrogen (secondary N) is 1. The van der Waals surface area contributed by atoms with Crippen molar-refractivity contribution in [2.45, 2.75) is 13.5 Å². The summed E-state index contributed by atoms with van der Waals surface area (Å²) in [6, 6.07) is 22.2. The first-order chi connectivity index (χ1) is 14.5. The van der Waals surface area contributed by atoms with E-state index in [4.69, 9.17) is 16.3 Å². The van der Waals surface area contributed by atoms with E-state index in [1.54, 1.807) is 30.3 Å². The normalized spacial score (nSPS) is 10.9. The molecule has 0 aliphatic rings. The lowest BCUT2D eigenvalue weighted by Crippen LogP contribution is -2.14. The number of para-hydroxylation sites is 1. The topological polar surface area (TPSA) is 62.1 Å². The van der Waals surface area contributed by atoms with E-state index in [1.807, 2.05) is 49.4 Å². The van der Waals surface area contributed by atoms with E-state index in [-0.39, 0.29) is 5.57 Å². The maximum atomic E-state index is 12.7. The lowest BCUT2D eigenvalue weighted by atomic mass is 10.1. The maximum Gasteiger partial charge on any atom is 0.266 e. The molecule has 6 heteroatoms. The van der Waals surface area contributed by atoms with Crippen LogP contribution >= 0.6 is 27.5 Å². The molecular formula is C24H18BrClN2O2. The number of amides is 1. The molecule has 1 N–H and O–H groups in total. The molecule has 0 unspecified atom stereocenters. The Balaban J connectivity index is 1.82. The first kappa shape index (κ1) is 21.6. The van der Waals surface area contributed by atoms with Crippen molar-refractivity contribution in [3.8, 4) is 11.8 Å². The monoisotopic (exact) mass is 480 g/mol. The van der Waals surface area contributed by atoms with Gasteiger partial charge in [-0.3, -0.25) is 4.79 Å². The van der Waals surface area contributed by atoms with Crippen molar-refractivity contribution in [3.05, 3.63) is 98.5 Å². The van der Waals surface area contributed by atoms with Gasteiger partial charge in [-0.2, -0.15) is 5.26 Å². The predicted octanol–water partition coefficient (Wildman–Crippen LogP) is 6.54. The molecule has 1 amide bonds. The molecule has 0 aliphatic heterocycles. The van der Waals surface area contributed by atoms with Gasteiger partial charge in [-0.15, -0.1) is 0 Å². The van der Waals surface area contributed by atoms with Gasteiger partial charge in [0, 0.05) is 26.3 Å².